The zero-order valence-electron chi connectivity index (χ0n) is 21.4. The Labute approximate surface area is 195 Å². The van der Waals surface area contributed by atoms with E-state index in [1.807, 2.05) is 0 Å². The second kappa shape index (κ2) is 8.98. The number of rotatable bonds is 6. The second-order valence-corrected chi connectivity index (χ2v) is 16.5. The van der Waals surface area contributed by atoms with Crippen molar-refractivity contribution in [3.8, 4) is 0 Å². The van der Waals surface area contributed by atoms with E-state index in [4.69, 9.17) is 9.16 Å². The predicted octanol–water partition coefficient (Wildman–Crippen LogP) is 7.28. The molecule has 5 heteroatoms. The summed E-state index contributed by atoms with van der Waals surface area (Å²) >= 11 is 0. The lowest BCUT2D eigenvalue weighted by atomic mass is 9.56. The highest BCUT2D eigenvalue weighted by Crippen LogP contribution is 2.57. The summed E-state index contributed by atoms with van der Waals surface area (Å²) in [6.07, 6.45) is 1.92. The van der Waals surface area contributed by atoms with Crippen LogP contribution >= 0.6 is 0 Å². The van der Waals surface area contributed by atoms with E-state index in [1.54, 1.807) is 0 Å². The summed E-state index contributed by atoms with van der Waals surface area (Å²) in [5, 5.41) is 10.8. The Kier molecular flexibility index (Phi) is 7.03. The molecule has 0 radical (unpaired) electrons. The lowest BCUT2D eigenvalue weighted by Gasteiger charge is -2.52. The molecule has 0 fully saturated rings. The molecule has 0 aliphatic heterocycles. The summed E-state index contributed by atoms with van der Waals surface area (Å²) < 4.78 is 12.4. The minimum atomic E-state index is -2.15. The molecule has 1 N–H and O–H groups in total. The number of esters is 1. The predicted molar refractivity (Wildman–Crippen MR) is 132 cm³/mol. The van der Waals surface area contributed by atoms with Crippen LogP contribution in [0.2, 0.25) is 16.6 Å². The molecule has 3 rings (SSSR count). The summed E-state index contributed by atoms with van der Waals surface area (Å²) in [6, 6.07) is 6.70. The number of hydrogen-bond acceptors (Lipinski definition) is 4. The fourth-order valence-electron chi connectivity index (χ4n) is 6.83. The van der Waals surface area contributed by atoms with Crippen molar-refractivity contribution in [2.45, 2.75) is 103 Å². The quantitative estimate of drug-likeness (QED) is 0.359. The zero-order chi connectivity index (χ0) is 24.0. The first-order chi connectivity index (χ1) is 14.9. The van der Waals surface area contributed by atoms with Gasteiger partial charge < -0.3 is 14.3 Å². The number of carbonyl (C=O) groups excluding carboxylic acids is 1. The number of aliphatic hydroxyl groups excluding tert-OH is 1. The van der Waals surface area contributed by atoms with Gasteiger partial charge in [0, 0.05) is 17.8 Å². The van der Waals surface area contributed by atoms with Gasteiger partial charge in [-0.25, -0.2) is 4.79 Å². The third-order valence-electron chi connectivity index (χ3n) is 8.39. The summed E-state index contributed by atoms with van der Waals surface area (Å²) in [5.74, 6) is -0.344. The molecule has 1 aromatic carbocycles. The molecule has 3 atom stereocenters. The highest BCUT2D eigenvalue weighted by Gasteiger charge is 2.53. The van der Waals surface area contributed by atoms with Gasteiger partial charge in [-0.1, -0.05) is 72.2 Å². The van der Waals surface area contributed by atoms with Crippen LogP contribution in [-0.2, 0) is 19.4 Å². The van der Waals surface area contributed by atoms with Crippen LogP contribution in [0, 0.1) is 12.8 Å². The first-order valence-corrected chi connectivity index (χ1v) is 14.3. The summed E-state index contributed by atoms with van der Waals surface area (Å²) in [6.45, 7) is 18.2. The van der Waals surface area contributed by atoms with Crippen molar-refractivity contribution >= 4 is 14.3 Å². The van der Waals surface area contributed by atoms with Gasteiger partial charge in [-0.3, -0.25) is 0 Å². The highest BCUT2D eigenvalue weighted by atomic mass is 28.4. The number of ether oxygens (including phenoxy) is 1. The van der Waals surface area contributed by atoms with E-state index in [1.165, 1.54) is 23.8 Å². The first kappa shape index (κ1) is 25.0. The largest absolute Gasteiger partial charge is 0.512 e. The van der Waals surface area contributed by atoms with Crippen LogP contribution < -0.4 is 0 Å². The number of methoxy groups -OCH3 is 1. The van der Waals surface area contributed by atoms with Crippen LogP contribution in [0.4, 0.5) is 0 Å². The summed E-state index contributed by atoms with van der Waals surface area (Å²) in [4.78, 5) is 12.8. The van der Waals surface area contributed by atoms with Gasteiger partial charge in [0.25, 0.3) is 0 Å². The molecule has 1 aromatic rings. The Morgan fingerprint density at radius 2 is 1.72 bits per heavy atom. The van der Waals surface area contributed by atoms with Crippen molar-refractivity contribution < 1.29 is 19.1 Å². The Hall–Kier alpha value is -1.59. The average Bonchev–Trinajstić information content (AvgIpc) is 2.71. The van der Waals surface area contributed by atoms with E-state index in [2.05, 4.69) is 73.6 Å². The van der Waals surface area contributed by atoms with E-state index in [-0.39, 0.29) is 23.2 Å². The molecule has 0 spiro atoms. The van der Waals surface area contributed by atoms with Gasteiger partial charge in [0.1, 0.15) is 5.76 Å². The van der Waals surface area contributed by atoms with E-state index in [0.29, 0.717) is 35.0 Å². The monoisotopic (exact) mass is 458 g/mol. The van der Waals surface area contributed by atoms with Crippen LogP contribution in [0.25, 0.3) is 0 Å². The smallest absolute Gasteiger partial charge is 0.337 e. The normalized spacial score (nSPS) is 25.9. The molecule has 0 saturated heterocycles. The molecule has 0 bridgehead atoms. The molecule has 32 heavy (non-hydrogen) atoms. The van der Waals surface area contributed by atoms with Crippen LogP contribution in [0.1, 0.15) is 90.5 Å². The maximum Gasteiger partial charge on any atom is 0.337 e. The highest BCUT2D eigenvalue weighted by molar-refractivity contribution is 6.77. The van der Waals surface area contributed by atoms with Gasteiger partial charge in [-0.15, -0.1) is 0 Å². The Bertz CT molecular complexity index is 879. The van der Waals surface area contributed by atoms with Crippen LogP contribution in [0.3, 0.4) is 0 Å². The van der Waals surface area contributed by atoms with Crippen LogP contribution in [-0.4, -0.2) is 26.5 Å². The SMILES string of the molecule is COC(=O)C1=C(O)CC[C@]2(C)c3cc(C)ccc3C(O[Si](C(C)C)(C(C)C)C(C)C)C[C@H]12. The van der Waals surface area contributed by atoms with Crippen molar-refractivity contribution in [3.63, 3.8) is 0 Å². The molecule has 0 amide bonds. The lowest BCUT2D eigenvalue weighted by molar-refractivity contribution is -0.137. The van der Waals surface area contributed by atoms with Gasteiger partial charge in [-0.2, -0.15) is 0 Å². The number of allylic oxidation sites excluding steroid dienone is 1. The fraction of sp³-hybridized carbons (Fsp3) is 0.667. The van der Waals surface area contributed by atoms with E-state index >= 15 is 0 Å². The van der Waals surface area contributed by atoms with Gasteiger partial charge >= 0.3 is 5.97 Å². The Morgan fingerprint density at radius 3 is 2.25 bits per heavy atom. The molecule has 1 unspecified atom stereocenters. The summed E-state index contributed by atoms with van der Waals surface area (Å²) in [5.41, 5.74) is 5.39. The number of benzene rings is 1. The minimum absolute atomic E-state index is 0.0897. The molecule has 4 nitrogen and oxygen atoms in total. The van der Waals surface area contributed by atoms with Crippen LogP contribution in [0.5, 0.6) is 0 Å². The maximum atomic E-state index is 12.8. The Morgan fingerprint density at radius 1 is 1.12 bits per heavy atom. The van der Waals surface area contributed by atoms with Gasteiger partial charge in [0.2, 0.25) is 8.32 Å². The fourth-order valence-corrected chi connectivity index (χ4v) is 12.4. The summed E-state index contributed by atoms with van der Waals surface area (Å²) in [7, 11) is -0.747. The number of fused-ring (bicyclic) bond motifs is 3. The van der Waals surface area contributed by atoms with E-state index in [0.717, 1.165) is 6.42 Å². The van der Waals surface area contributed by atoms with Crippen molar-refractivity contribution in [1.29, 1.82) is 0 Å². The van der Waals surface area contributed by atoms with Crippen molar-refractivity contribution in [3.05, 3.63) is 46.2 Å². The van der Waals surface area contributed by atoms with Crippen LogP contribution in [0.15, 0.2) is 29.5 Å². The maximum absolute atomic E-state index is 12.8. The molecule has 2 aliphatic rings. The molecule has 0 aromatic heterocycles. The first-order valence-electron chi connectivity index (χ1n) is 12.2. The molecule has 178 valence electrons. The number of aryl methyl sites for hydroxylation is 1. The van der Waals surface area contributed by atoms with Gasteiger partial charge in [0.15, 0.2) is 0 Å². The second-order valence-electron chi connectivity index (χ2n) is 11.1. The number of carbonyl (C=O) groups is 1. The lowest BCUT2D eigenvalue weighted by Crippen LogP contribution is -2.51. The van der Waals surface area contributed by atoms with Gasteiger partial charge in [-0.05, 0) is 47.5 Å². The van der Waals surface area contributed by atoms with Crippen molar-refractivity contribution in [2.75, 3.05) is 7.11 Å². The van der Waals surface area contributed by atoms with E-state index < -0.39 is 14.3 Å². The topological polar surface area (TPSA) is 55.8 Å². The van der Waals surface area contributed by atoms with Crippen molar-refractivity contribution in [1.82, 2.24) is 0 Å². The molecule has 0 heterocycles. The molecule has 0 saturated carbocycles. The average molecular weight is 459 g/mol. The third kappa shape index (κ3) is 3.85. The molecular weight excluding hydrogens is 416 g/mol. The molecule has 2 aliphatic carbocycles. The number of hydrogen-bond donors (Lipinski definition) is 1. The minimum Gasteiger partial charge on any atom is -0.512 e. The van der Waals surface area contributed by atoms with Gasteiger partial charge in [0.05, 0.1) is 18.8 Å². The third-order valence-corrected chi connectivity index (χ3v) is 14.5. The Balaban J connectivity index is 2.20. The van der Waals surface area contributed by atoms with Crippen molar-refractivity contribution in [2.24, 2.45) is 5.92 Å². The number of aliphatic hydroxyl groups is 1. The molecular formula is C27H42O4Si. The standard InChI is InChI=1S/C27H42O4Si/c1-16(2)32(17(3)4,18(5)6)31-24-15-22-25(26(29)30-9)23(28)12-13-27(22,8)21-14-19(7)10-11-20(21)24/h10-11,14,16-18,22,24,28H,12-13,15H2,1-9H3/t22-,24?,27-/m1/s1. The van der Waals surface area contributed by atoms with E-state index in [9.17, 15) is 9.90 Å². The zero-order valence-corrected chi connectivity index (χ0v) is 22.4.